The number of anilines is 3. The third kappa shape index (κ3) is 7.04. The van der Waals surface area contributed by atoms with Crippen molar-refractivity contribution in [2.24, 2.45) is 0 Å². The summed E-state index contributed by atoms with van der Waals surface area (Å²) >= 11 is 0. The maximum Gasteiger partial charge on any atom is 0.0714 e. The molecule has 2 atom stereocenters. The maximum atomic E-state index is 2.50. The van der Waals surface area contributed by atoms with Crippen molar-refractivity contribution in [2.45, 2.75) is 63.2 Å². The Bertz CT molecular complexity index is 3560. The minimum absolute atomic E-state index is 0.0169. The molecule has 0 amide bonds. The van der Waals surface area contributed by atoms with E-state index in [4.69, 9.17) is 0 Å². The van der Waals surface area contributed by atoms with E-state index in [1.165, 1.54) is 89.0 Å². The van der Waals surface area contributed by atoms with Crippen molar-refractivity contribution < 1.29 is 0 Å². The lowest BCUT2D eigenvalue weighted by molar-refractivity contribution is 0.589. The van der Waals surface area contributed by atoms with Crippen LogP contribution < -0.4 is 4.90 Å². The molecule has 0 N–H and O–H groups in total. The van der Waals surface area contributed by atoms with Crippen LogP contribution in [0.1, 0.15) is 97.2 Å². The van der Waals surface area contributed by atoms with Gasteiger partial charge in [0.05, 0.1) is 10.8 Å². The van der Waals surface area contributed by atoms with Crippen molar-refractivity contribution in [1.82, 2.24) is 0 Å². The number of benzene rings is 10. The standard InChI is InChI=1S/C70H59N/c1-67(2,3)50-34-38-54(39-35-50)69(52-22-12-8-13-23-52)63-28-18-16-26-59(63)61-44-42-57(46-65(61)69)71(56-24-14-9-15-25-56)58-43-45-62-60-27-17-19-29-64(60)70(66(62)47-58,55-40-36-51(37-41-55)68(4,5)6)53-32-30-49(31-33-53)48-20-10-7-11-21-48/h7-47H,1-6H3. The van der Waals surface area contributed by atoms with Crippen LogP contribution in [0.5, 0.6) is 0 Å². The van der Waals surface area contributed by atoms with E-state index in [0.717, 1.165) is 17.1 Å². The van der Waals surface area contributed by atoms with Crippen LogP contribution in [0.3, 0.4) is 0 Å². The number of rotatable bonds is 8. The van der Waals surface area contributed by atoms with Gasteiger partial charge in [-0.25, -0.2) is 0 Å². The molecule has 0 aliphatic heterocycles. The predicted octanol–water partition coefficient (Wildman–Crippen LogP) is 18.1. The SMILES string of the molecule is CC(C)(C)c1ccc(C2(c3ccccc3)c3ccccc3-c3ccc(N(c4ccccc4)c4ccc5c(c4)C(c4ccc(-c6ccccc6)cc4)(c4ccc(C(C)(C)C)cc4)c4ccccc4-5)cc32)cc1. The zero-order chi connectivity index (χ0) is 48.5. The molecule has 0 saturated carbocycles. The molecule has 344 valence electrons. The quantitative estimate of drug-likeness (QED) is 0.147. The smallest absolute Gasteiger partial charge is 0.0714 e. The molecule has 10 aromatic rings. The third-order valence-corrected chi connectivity index (χ3v) is 15.6. The zero-order valence-electron chi connectivity index (χ0n) is 41.6. The van der Waals surface area contributed by atoms with Gasteiger partial charge >= 0.3 is 0 Å². The summed E-state index contributed by atoms with van der Waals surface area (Å²) < 4.78 is 0. The fourth-order valence-corrected chi connectivity index (χ4v) is 12.1. The van der Waals surface area contributed by atoms with Gasteiger partial charge in [0, 0.05) is 17.1 Å². The maximum absolute atomic E-state index is 2.50. The van der Waals surface area contributed by atoms with Crippen molar-refractivity contribution in [1.29, 1.82) is 0 Å². The summed E-state index contributed by atoms with van der Waals surface area (Å²) in [6.45, 7) is 13.8. The van der Waals surface area contributed by atoms with E-state index < -0.39 is 10.8 Å². The molecule has 1 nitrogen and oxygen atoms in total. The second kappa shape index (κ2) is 16.9. The first-order valence-corrected chi connectivity index (χ1v) is 25.2. The second-order valence-electron chi connectivity index (χ2n) is 21.7. The van der Waals surface area contributed by atoms with Crippen molar-refractivity contribution >= 4 is 17.1 Å². The van der Waals surface area contributed by atoms with Crippen LogP contribution in [0, 0.1) is 0 Å². The molecule has 2 aliphatic rings. The highest BCUT2D eigenvalue weighted by Crippen LogP contribution is 2.60. The number of nitrogens with zero attached hydrogens (tertiary/aromatic N) is 1. The number of hydrogen-bond acceptors (Lipinski definition) is 1. The number of hydrogen-bond donors (Lipinski definition) is 0. The van der Waals surface area contributed by atoms with Crippen molar-refractivity contribution in [3.8, 4) is 33.4 Å². The summed E-state index contributed by atoms with van der Waals surface area (Å²) in [5, 5.41) is 0. The summed E-state index contributed by atoms with van der Waals surface area (Å²) in [5.74, 6) is 0. The summed E-state index contributed by atoms with van der Waals surface area (Å²) in [4.78, 5) is 2.48. The molecule has 0 bridgehead atoms. The molecule has 0 aromatic heterocycles. The van der Waals surface area contributed by atoms with Crippen LogP contribution in [0.4, 0.5) is 17.1 Å². The minimum Gasteiger partial charge on any atom is -0.310 e. The topological polar surface area (TPSA) is 3.24 Å². The first-order chi connectivity index (χ1) is 34.5. The van der Waals surface area contributed by atoms with E-state index >= 15 is 0 Å². The molecule has 0 radical (unpaired) electrons. The van der Waals surface area contributed by atoms with E-state index in [-0.39, 0.29) is 10.8 Å². The summed E-state index contributed by atoms with van der Waals surface area (Å²) in [5.41, 5.74) is 22.6. The summed E-state index contributed by atoms with van der Waals surface area (Å²) in [6, 6.07) is 93.8. The molecular formula is C70H59N. The highest BCUT2D eigenvalue weighted by molar-refractivity contribution is 5.92. The van der Waals surface area contributed by atoms with Crippen molar-refractivity contribution in [2.75, 3.05) is 4.90 Å². The highest BCUT2D eigenvalue weighted by atomic mass is 15.1. The number of para-hydroxylation sites is 1. The first-order valence-electron chi connectivity index (χ1n) is 25.2. The van der Waals surface area contributed by atoms with Crippen LogP contribution in [-0.4, -0.2) is 0 Å². The van der Waals surface area contributed by atoms with Crippen LogP contribution in [0.2, 0.25) is 0 Å². The van der Waals surface area contributed by atoms with E-state index in [2.05, 4.69) is 295 Å². The molecule has 0 spiro atoms. The van der Waals surface area contributed by atoms with Gasteiger partial charge in [-0.05, 0) is 136 Å². The molecule has 1 heteroatoms. The Balaban J connectivity index is 1.10. The van der Waals surface area contributed by atoms with Gasteiger partial charge in [-0.3, -0.25) is 0 Å². The average molecular weight is 914 g/mol. The van der Waals surface area contributed by atoms with E-state index in [1.54, 1.807) is 0 Å². The monoisotopic (exact) mass is 913 g/mol. The van der Waals surface area contributed by atoms with E-state index in [1.807, 2.05) is 0 Å². The van der Waals surface area contributed by atoms with Gasteiger partial charge in [-0.1, -0.05) is 254 Å². The first kappa shape index (κ1) is 44.2. The van der Waals surface area contributed by atoms with Crippen LogP contribution >= 0.6 is 0 Å². The van der Waals surface area contributed by atoms with Gasteiger partial charge in [-0.15, -0.1) is 0 Å². The minimum atomic E-state index is -0.600. The summed E-state index contributed by atoms with van der Waals surface area (Å²) in [6.07, 6.45) is 0. The van der Waals surface area contributed by atoms with Gasteiger partial charge in [-0.2, -0.15) is 0 Å². The fourth-order valence-electron chi connectivity index (χ4n) is 12.1. The Morgan fingerprint density at radius 3 is 1.04 bits per heavy atom. The molecule has 0 saturated heterocycles. The summed E-state index contributed by atoms with van der Waals surface area (Å²) in [7, 11) is 0. The lowest BCUT2D eigenvalue weighted by atomic mass is 9.67. The van der Waals surface area contributed by atoms with Gasteiger partial charge in [0.15, 0.2) is 0 Å². The molecule has 2 aliphatic carbocycles. The third-order valence-electron chi connectivity index (χ3n) is 15.6. The Morgan fingerprint density at radius 2 is 0.606 bits per heavy atom. The molecule has 10 aromatic carbocycles. The molecule has 71 heavy (non-hydrogen) atoms. The Labute approximate surface area is 420 Å². The van der Waals surface area contributed by atoms with E-state index in [0.29, 0.717) is 0 Å². The fraction of sp³-hybridized carbons (Fsp3) is 0.143. The van der Waals surface area contributed by atoms with Gasteiger partial charge in [0.1, 0.15) is 0 Å². The lowest BCUT2D eigenvalue weighted by Gasteiger charge is -2.36. The lowest BCUT2D eigenvalue weighted by Crippen LogP contribution is -2.29. The zero-order valence-corrected chi connectivity index (χ0v) is 41.6. The van der Waals surface area contributed by atoms with Crippen LogP contribution in [-0.2, 0) is 21.7 Å². The van der Waals surface area contributed by atoms with E-state index in [9.17, 15) is 0 Å². The van der Waals surface area contributed by atoms with Gasteiger partial charge < -0.3 is 4.90 Å². The Kier molecular flexibility index (Phi) is 10.5. The van der Waals surface area contributed by atoms with Crippen LogP contribution in [0.15, 0.2) is 249 Å². The highest BCUT2D eigenvalue weighted by Gasteiger charge is 2.48. The average Bonchev–Trinajstić information content (AvgIpc) is 3.87. The van der Waals surface area contributed by atoms with Crippen LogP contribution in [0.25, 0.3) is 33.4 Å². The molecule has 2 unspecified atom stereocenters. The second-order valence-corrected chi connectivity index (χ2v) is 21.7. The molecule has 0 heterocycles. The number of fused-ring (bicyclic) bond motifs is 6. The van der Waals surface area contributed by atoms with Crippen molar-refractivity contribution in [3.05, 3.63) is 304 Å². The van der Waals surface area contributed by atoms with Gasteiger partial charge in [0.25, 0.3) is 0 Å². The Hall–Kier alpha value is -8.00. The van der Waals surface area contributed by atoms with Crippen molar-refractivity contribution in [3.63, 3.8) is 0 Å². The molecular weight excluding hydrogens is 855 g/mol. The molecule has 0 fully saturated rings. The normalized spacial score (nSPS) is 16.7. The largest absolute Gasteiger partial charge is 0.310 e. The van der Waals surface area contributed by atoms with Gasteiger partial charge in [0.2, 0.25) is 0 Å². The predicted molar refractivity (Wildman–Crippen MR) is 299 cm³/mol. The Morgan fingerprint density at radius 1 is 0.268 bits per heavy atom. The molecule has 12 rings (SSSR count).